The molecule has 0 saturated carbocycles. The van der Waals surface area contributed by atoms with Crippen LogP contribution in [0.2, 0.25) is 0 Å². The zero-order valence-electron chi connectivity index (χ0n) is 11.8. The summed E-state index contributed by atoms with van der Waals surface area (Å²) in [5, 5.41) is 13.6. The lowest BCUT2D eigenvalue weighted by molar-refractivity contribution is 0.191. The van der Waals surface area contributed by atoms with Crippen LogP contribution >= 0.6 is 0 Å². The molecule has 0 amide bonds. The van der Waals surface area contributed by atoms with Gasteiger partial charge in [0.25, 0.3) is 0 Å². The van der Waals surface area contributed by atoms with E-state index in [1.165, 1.54) is 11.1 Å². The summed E-state index contributed by atoms with van der Waals surface area (Å²) < 4.78 is 0. The molecular weight excluding hydrogens is 234 g/mol. The van der Waals surface area contributed by atoms with Gasteiger partial charge in [0.05, 0.1) is 6.10 Å². The molecule has 0 radical (unpaired) electrons. The second-order valence-electron chi connectivity index (χ2n) is 5.07. The Morgan fingerprint density at radius 3 is 2.47 bits per heavy atom. The Hall–Kier alpha value is -1.80. The molecule has 0 aliphatic rings. The van der Waals surface area contributed by atoms with Crippen LogP contribution in [0.25, 0.3) is 0 Å². The lowest BCUT2D eigenvalue weighted by Crippen LogP contribution is -2.14. The summed E-state index contributed by atoms with van der Waals surface area (Å²) in [6.07, 6.45) is -0.487. The lowest BCUT2D eigenvalue weighted by atomic mass is 10.0. The van der Waals surface area contributed by atoms with Crippen LogP contribution in [-0.2, 0) is 0 Å². The van der Waals surface area contributed by atoms with Crippen LogP contribution in [0.4, 0.5) is 5.69 Å². The van der Waals surface area contributed by atoms with Gasteiger partial charge in [0.1, 0.15) is 0 Å². The van der Waals surface area contributed by atoms with Crippen molar-refractivity contribution < 1.29 is 5.11 Å². The summed E-state index contributed by atoms with van der Waals surface area (Å²) in [7, 11) is 0. The van der Waals surface area contributed by atoms with E-state index in [0.717, 1.165) is 16.8 Å². The van der Waals surface area contributed by atoms with Gasteiger partial charge in [0, 0.05) is 12.2 Å². The molecule has 0 aliphatic carbocycles. The average Bonchev–Trinajstić information content (AvgIpc) is 2.40. The first-order chi connectivity index (χ1) is 9.08. The molecular formula is C17H21NO. The summed E-state index contributed by atoms with van der Waals surface area (Å²) >= 11 is 0. The lowest BCUT2D eigenvalue weighted by Gasteiger charge is -2.17. The van der Waals surface area contributed by atoms with Crippen molar-refractivity contribution in [1.82, 2.24) is 0 Å². The maximum absolute atomic E-state index is 10.3. The number of para-hydroxylation sites is 1. The Bertz CT molecular complexity index is 563. The Balaban J connectivity index is 2.07. The van der Waals surface area contributed by atoms with E-state index < -0.39 is 6.10 Å². The number of aliphatic hydroxyl groups is 1. The minimum atomic E-state index is -0.487. The Morgan fingerprint density at radius 2 is 1.74 bits per heavy atom. The molecule has 19 heavy (non-hydrogen) atoms. The standard InChI is InChI=1S/C17H21NO/c1-12-8-9-13(2)15(10-12)17(19)11-18-16-7-5-4-6-14(16)3/h4-10,17-19H,11H2,1-3H3. The maximum atomic E-state index is 10.3. The van der Waals surface area contributed by atoms with Gasteiger partial charge < -0.3 is 10.4 Å². The van der Waals surface area contributed by atoms with Crippen LogP contribution in [0, 0.1) is 20.8 Å². The van der Waals surface area contributed by atoms with E-state index in [9.17, 15) is 5.11 Å². The van der Waals surface area contributed by atoms with Crippen molar-refractivity contribution in [2.75, 3.05) is 11.9 Å². The number of hydrogen-bond acceptors (Lipinski definition) is 2. The first-order valence-corrected chi connectivity index (χ1v) is 6.62. The van der Waals surface area contributed by atoms with Gasteiger partial charge in [-0.1, -0.05) is 42.0 Å². The zero-order valence-corrected chi connectivity index (χ0v) is 11.8. The van der Waals surface area contributed by atoms with E-state index in [2.05, 4.69) is 36.5 Å². The Labute approximate surface area is 115 Å². The van der Waals surface area contributed by atoms with Crippen molar-refractivity contribution in [3.8, 4) is 0 Å². The summed E-state index contributed by atoms with van der Waals surface area (Å²) in [4.78, 5) is 0. The van der Waals surface area contributed by atoms with Gasteiger partial charge >= 0.3 is 0 Å². The highest BCUT2D eigenvalue weighted by Crippen LogP contribution is 2.21. The minimum Gasteiger partial charge on any atom is -0.387 e. The molecule has 2 aromatic carbocycles. The van der Waals surface area contributed by atoms with Gasteiger partial charge in [0.2, 0.25) is 0 Å². The van der Waals surface area contributed by atoms with Gasteiger partial charge in [-0.05, 0) is 43.5 Å². The van der Waals surface area contributed by atoms with E-state index in [0.29, 0.717) is 6.54 Å². The molecule has 0 aromatic heterocycles. The summed E-state index contributed by atoms with van der Waals surface area (Å²) in [6.45, 7) is 6.66. The van der Waals surface area contributed by atoms with Gasteiger partial charge in [-0.2, -0.15) is 0 Å². The third-order valence-electron chi connectivity index (χ3n) is 3.42. The molecule has 0 saturated heterocycles. The molecule has 2 N–H and O–H groups in total. The zero-order chi connectivity index (χ0) is 13.8. The highest BCUT2D eigenvalue weighted by molar-refractivity contribution is 5.50. The highest BCUT2D eigenvalue weighted by atomic mass is 16.3. The molecule has 100 valence electrons. The predicted octanol–water partition coefficient (Wildman–Crippen LogP) is 3.76. The van der Waals surface area contributed by atoms with Crippen molar-refractivity contribution in [1.29, 1.82) is 0 Å². The Morgan fingerprint density at radius 1 is 1.00 bits per heavy atom. The molecule has 1 unspecified atom stereocenters. The van der Waals surface area contributed by atoms with Crippen LogP contribution in [0.15, 0.2) is 42.5 Å². The van der Waals surface area contributed by atoms with Gasteiger partial charge in [-0.25, -0.2) is 0 Å². The first kappa shape index (κ1) is 13.6. The maximum Gasteiger partial charge on any atom is 0.0964 e. The smallest absolute Gasteiger partial charge is 0.0964 e. The van der Waals surface area contributed by atoms with E-state index in [1.807, 2.05) is 32.0 Å². The van der Waals surface area contributed by atoms with E-state index in [1.54, 1.807) is 0 Å². The van der Waals surface area contributed by atoms with E-state index in [-0.39, 0.29) is 0 Å². The number of aliphatic hydroxyl groups excluding tert-OH is 1. The second kappa shape index (κ2) is 5.89. The molecule has 0 fully saturated rings. The molecule has 1 atom stereocenters. The number of hydrogen-bond donors (Lipinski definition) is 2. The van der Waals surface area contributed by atoms with Crippen LogP contribution in [0.5, 0.6) is 0 Å². The monoisotopic (exact) mass is 255 g/mol. The molecule has 2 aromatic rings. The molecule has 0 aliphatic heterocycles. The first-order valence-electron chi connectivity index (χ1n) is 6.62. The number of nitrogens with one attached hydrogen (secondary N) is 1. The summed E-state index contributed by atoms with van der Waals surface area (Å²) in [6, 6.07) is 14.3. The van der Waals surface area contributed by atoms with Gasteiger partial charge in [-0.3, -0.25) is 0 Å². The predicted molar refractivity (Wildman–Crippen MR) is 80.5 cm³/mol. The fourth-order valence-corrected chi connectivity index (χ4v) is 2.21. The molecule has 0 spiro atoms. The minimum absolute atomic E-state index is 0.487. The SMILES string of the molecule is Cc1ccc(C)c(C(O)CNc2ccccc2C)c1. The quantitative estimate of drug-likeness (QED) is 0.872. The Kier molecular flexibility index (Phi) is 4.23. The van der Waals surface area contributed by atoms with Crippen molar-refractivity contribution in [3.63, 3.8) is 0 Å². The molecule has 0 heterocycles. The number of rotatable bonds is 4. The second-order valence-corrected chi connectivity index (χ2v) is 5.07. The van der Waals surface area contributed by atoms with Crippen molar-refractivity contribution in [3.05, 3.63) is 64.7 Å². The summed E-state index contributed by atoms with van der Waals surface area (Å²) in [5.74, 6) is 0. The fourth-order valence-electron chi connectivity index (χ4n) is 2.21. The molecule has 2 rings (SSSR count). The average molecular weight is 255 g/mol. The fraction of sp³-hybridized carbons (Fsp3) is 0.294. The third kappa shape index (κ3) is 3.36. The number of aryl methyl sites for hydroxylation is 3. The third-order valence-corrected chi connectivity index (χ3v) is 3.42. The van der Waals surface area contributed by atoms with E-state index in [4.69, 9.17) is 0 Å². The normalized spacial score (nSPS) is 12.2. The number of anilines is 1. The number of benzene rings is 2. The molecule has 0 bridgehead atoms. The van der Waals surface area contributed by atoms with Crippen molar-refractivity contribution in [2.45, 2.75) is 26.9 Å². The van der Waals surface area contributed by atoms with Crippen LogP contribution in [0.3, 0.4) is 0 Å². The molecule has 2 heteroatoms. The summed E-state index contributed by atoms with van der Waals surface area (Å²) in [5.41, 5.74) is 5.57. The van der Waals surface area contributed by atoms with Crippen molar-refractivity contribution in [2.24, 2.45) is 0 Å². The largest absolute Gasteiger partial charge is 0.387 e. The topological polar surface area (TPSA) is 32.3 Å². The van der Waals surface area contributed by atoms with Gasteiger partial charge in [-0.15, -0.1) is 0 Å². The van der Waals surface area contributed by atoms with Crippen molar-refractivity contribution >= 4 is 5.69 Å². The van der Waals surface area contributed by atoms with Crippen LogP contribution in [0.1, 0.15) is 28.4 Å². The highest BCUT2D eigenvalue weighted by Gasteiger charge is 2.10. The van der Waals surface area contributed by atoms with Crippen LogP contribution < -0.4 is 5.32 Å². The van der Waals surface area contributed by atoms with E-state index >= 15 is 0 Å². The van der Waals surface area contributed by atoms with Gasteiger partial charge in [0.15, 0.2) is 0 Å². The molecule has 2 nitrogen and oxygen atoms in total. The van der Waals surface area contributed by atoms with Crippen LogP contribution in [-0.4, -0.2) is 11.7 Å².